The number of aromatic hydroxyl groups is 1. The van der Waals surface area contributed by atoms with Gasteiger partial charge in [-0.25, -0.2) is 0 Å². The van der Waals surface area contributed by atoms with Crippen LogP contribution in [-0.2, 0) is 6.54 Å². The number of hydrogen-bond acceptors (Lipinski definition) is 2. The van der Waals surface area contributed by atoms with Crippen molar-refractivity contribution in [2.75, 3.05) is 13.1 Å². The lowest BCUT2D eigenvalue weighted by Crippen LogP contribution is -2.20. The van der Waals surface area contributed by atoms with E-state index in [1.54, 1.807) is 6.07 Å². The lowest BCUT2D eigenvalue weighted by molar-refractivity contribution is 0.309. The van der Waals surface area contributed by atoms with E-state index >= 15 is 0 Å². The van der Waals surface area contributed by atoms with Gasteiger partial charge in [0, 0.05) is 23.1 Å². The molecule has 1 aromatic carbocycles. The van der Waals surface area contributed by atoms with E-state index in [-0.39, 0.29) is 0 Å². The fraction of sp³-hybridized carbons (Fsp3) is 0.538. The highest BCUT2D eigenvalue weighted by Gasteiger charge is 2.21. The molecule has 2 rings (SSSR count). The standard InChI is InChI=1S/C13H18BrNO/c1-2-10-5-6-15(8-10)9-11-7-12(14)3-4-13(11)16/h3-4,7,10,16H,2,5-6,8-9H2,1H3. The molecule has 1 heterocycles. The summed E-state index contributed by atoms with van der Waals surface area (Å²) in [6.07, 6.45) is 2.56. The highest BCUT2D eigenvalue weighted by atomic mass is 79.9. The van der Waals surface area contributed by atoms with E-state index in [0.29, 0.717) is 5.75 Å². The summed E-state index contributed by atoms with van der Waals surface area (Å²) >= 11 is 3.44. The maximum Gasteiger partial charge on any atom is 0.120 e. The Morgan fingerprint density at radius 1 is 1.50 bits per heavy atom. The second-order valence-electron chi connectivity index (χ2n) is 4.57. The Morgan fingerprint density at radius 3 is 3.00 bits per heavy atom. The molecule has 1 aromatic rings. The quantitative estimate of drug-likeness (QED) is 0.919. The van der Waals surface area contributed by atoms with Crippen LogP contribution in [0.15, 0.2) is 22.7 Å². The molecule has 0 aliphatic carbocycles. The third kappa shape index (κ3) is 2.77. The summed E-state index contributed by atoms with van der Waals surface area (Å²) in [6.45, 7) is 5.44. The molecule has 0 bridgehead atoms. The van der Waals surface area contributed by atoms with Gasteiger partial charge >= 0.3 is 0 Å². The predicted octanol–water partition coefficient (Wildman–Crippen LogP) is 3.39. The van der Waals surface area contributed by atoms with Gasteiger partial charge < -0.3 is 5.11 Å². The molecule has 0 spiro atoms. The van der Waals surface area contributed by atoms with Crippen LogP contribution in [0.3, 0.4) is 0 Å². The molecule has 1 aliphatic heterocycles. The molecular weight excluding hydrogens is 266 g/mol. The van der Waals surface area contributed by atoms with Gasteiger partial charge in [0.15, 0.2) is 0 Å². The molecule has 1 N–H and O–H groups in total. The average molecular weight is 284 g/mol. The average Bonchev–Trinajstić information content (AvgIpc) is 2.71. The van der Waals surface area contributed by atoms with Gasteiger partial charge in [0.25, 0.3) is 0 Å². The van der Waals surface area contributed by atoms with E-state index in [1.165, 1.54) is 19.4 Å². The number of rotatable bonds is 3. The van der Waals surface area contributed by atoms with E-state index < -0.39 is 0 Å². The zero-order valence-electron chi connectivity index (χ0n) is 9.62. The molecule has 1 unspecified atom stereocenters. The molecule has 1 aliphatic rings. The maximum absolute atomic E-state index is 9.77. The van der Waals surface area contributed by atoms with Gasteiger partial charge in [-0.3, -0.25) is 4.90 Å². The van der Waals surface area contributed by atoms with Crippen molar-refractivity contribution in [1.29, 1.82) is 0 Å². The predicted molar refractivity (Wildman–Crippen MR) is 69.5 cm³/mol. The summed E-state index contributed by atoms with van der Waals surface area (Å²) < 4.78 is 1.03. The first-order chi connectivity index (χ1) is 7.69. The second-order valence-corrected chi connectivity index (χ2v) is 5.49. The lowest BCUT2D eigenvalue weighted by Gasteiger charge is -2.16. The van der Waals surface area contributed by atoms with E-state index in [9.17, 15) is 5.11 Å². The molecule has 1 atom stereocenters. The molecule has 0 saturated carbocycles. The Bertz CT molecular complexity index is 367. The Kier molecular flexibility index (Phi) is 3.87. The number of phenols is 1. The van der Waals surface area contributed by atoms with Crippen LogP contribution in [0.25, 0.3) is 0 Å². The SMILES string of the molecule is CCC1CCN(Cc2cc(Br)ccc2O)C1. The minimum Gasteiger partial charge on any atom is -0.508 e. The van der Waals surface area contributed by atoms with E-state index in [4.69, 9.17) is 0 Å². The maximum atomic E-state index is 9.77. The Morgan fingerprint density at radius 2 is 2.31 bits per heavy atom. The van der Waals surface area contributed by atoms with Crippen molar-refractivity contribution in [3.63, 3.8) is 0 Å². The lowest BCUT2D eigenvalue weighted by atomic mass is 10.1. The van der Waals surface area contributed by atoms with Crippen LogP contribution in [0.4, 0.5) is 0 Å². The van der Waals surface area contributed by atoms with Crippen LogP contribution in [-0.4, -0.2) is 23.1 Å². The monoisotopic (exact) mass is 283 g/mol. The molecule has 88 valence electrons. The zero-order chi connectivity index (χ0) is 11.5. The number of likely N-dealkylation sites (tertiary alicyclic amines) is 1. The number of phenolic OH excluding ortho intramolecular Hbond substituents is 1. The summed E-state index contributed by atoms with van der Waals surface area (Å²) in [7, 11) is 0. The molecule has 16 heavy (non-hydrogen) atoms. The smallest absolute Gasteiger partial charge is 0.120 e. The molecule has 0 amide bonds. The molecule has 0 radical (unpaired) electrons. The van der Waals surface area contributed by atoms with Crippen molar-refractivity contribution < 1.29 is 5.11 Å². The van der Waals surface area contributed by atoms with Crippen LogP contribution in [0.5, 0.6) is 5.75 Å². The minimum absolute atomic E-state index is 0.406. The van der Waals surface area contributed by atoms with E-state index in [2.05, 4.69) is 27.8 Å². The van der Waals surface area contributed by atoms with Gasteiger partial charge in [0.05, 0.1) is 0 Å². The second kappa shape index (κ2) is 5.19. The van der Waals surface area contributed by atoms with E-state index in [0.717, 1.165) is 29.0 Å². The highest BCUT2D eigenvalue weighted by Crippen LogP contribution is 2.26. The first-order valence-electron chi connectivity index (χ1n) is 5.88. The summed E-state index contributed by atoms with van der Waals surface area (Å²) in [5.74, 6) is 1.25. The number of halogens is 1. The van der Waals surface area contributed by atoms with Crippen LogP contribution >= 0.6 is 15.9 Å². The molecule has 0 aromatic heterocycles. The third-order valence-corrected chi connectivity index (χ3v) is 3.88. The van der Waals surface area contributed by atoms with Gasteiger partial charge in [-0.2, -0.15) is 0 Å². The fourth-order valence-electron chi connectivity index (χ4n) is 2.31. The van der Waals surface area contributed by atoms with Gasteiger partial charge in [-0.1, -0.05) is 29.3 Å². The van der Waals surface area contributed by atoms with Gasteiger partial charge in [-0.05, 0) is 37.1 Å². The van der Waals surface area contributed by atoms with Crippen LogP contribution in [0.1, 0.15) is 25.3 Å². The summed E-state index contributed by atoms with van der Waals surface area (Å²) in [6, 6.07) is 5.64. The fourth-order valence-corrected chi connectivity index (χ4v) is 2.72. The Balaban J connectivity index is 2.01. The summed E-state index contributed by atoms with van der Waals surface area (Å²) in [4.78, 5) is 2.43. The zero-order valence-corrected chi connectivity index (χ0v) is 11.2. The van der Waals surface area contributed by atoms with Gasteiger partial charge in [0.2, 0.25) is 0 Å². The summed E-state index contributed by atoms with van der Waals surface area (Å²) in [5, 5.41) is 9.77. The van der Waals surface area contributed by atoms with Crippen molar-refractivity contribution >= 4 is 15.9 Å². The first-order valence-corrected chi connectivity index (χ1v) is 6.68. The van der Waals surface area contributed by atoms with E-state index in [1.807, 2.05) is 12.1 Å². The summed E-state index contributed by atoms with van der Waals surface area (Å²) in [5.41, 5.74) is 1.02. The van der Waals surface area contributed by atoms with Crippen molar-refractivity contribution in [1.82, 2.24) is 4.90 Å². The van der Waals surface area contributed by atoms with Crippen LogP contribution < -0.4 is 0 Å². The first kappa shape index (κ1) is 11.9. The number of hydrogen-bond donors (Lipinski definition) is 1. The normalized spacial score (nSPS) is 21.5. The molecule has 1 fully saturated rings. The van der Waals surface area contributed by atoms with Crippen LogP contribution in [0.2, 0.25) is 0 Å². The Hall–Kier alpha value is -0.540. The van der Waals surface area contributed by atoms with Crippen LogP contribution in [0, 0.1) is 5.92 Å². The topological polar surface area (TPSA) is 23.5 Å². The molecule has 1 saturated heterocycles. The third-order valence-electron chi connectivity index (χ3n) is 3.38. The van der Waals surface area contributed by atoms with Crippen molar-refractivity contribution in [2.45, 2.75) is 26.3 Å². The minimum atomic E-state index is 0.406. The van der Waals surface area contributed by atoms with Gasteiger partial charge in [0.1, 0.15) is 5.75 Å². The van der Waals surface area contributed by atoms with Crippen molar-refractivity contribution in [3.05, 3.63) is 28.2 Å². The highest BCUT2D eigenvalue weighted by molar-refractivity contribution is 9.10. The number of nitrogens with zero attached hydrogens (tertiary/aromatic N) is 1. The number of benzene rings is 1. The van der Waals surface area contributed by atoms with Crippen molar-refractivity contribution in [2.24, 2.45) is 5.92 Å². The molecule has 2 nitrogen and oxygen atoms in total. The van der Waals surface area contributed by atoms with Gasteiger partial charge in [-0.15, -0.1) is 0 Å². The van der Waals surface area contributed by atoms with Crippen molar-refractivity contribution in [3.8, 4) is 5.75 Å². The molecular formula is C13H18BrNO. The Labute approximate surface area is 105 Å². The largest absolute Gasteiger partial charge is 0.508 e. The molecule has 3 heteroatoms.